The normalized spacial score (nSPS) is 14.1. The number of nitrogens with zero attached hydrogens (tertiary/aromatic N) is 3. The number of benzene rings is 2. The molecular weight excluding hydrogens is 442 g/mol. The highest BCUT2D eigenvalue weighted by molar-refractivity contribution is 7.22. The summed E-state index contributed by atoms with van der Waals surface area (Å²) in [5.41, 5.74) is 1.67. The van der Waals surface area contributed by atoms with Crippen LogP contribution in [0.5, 0.6) is 23.0 Å². The van der Waals surface area contributed by atoms with Crippen LogP contribution < -0.4 is 23.8 Å². The summed E-state index contributed by atoms with van der Waals surface area (Å²) >= 11 is 1.64. The van der Waals surface area contributed by atoms with Crippen molar-refractivity contribution < 1.29 is 23.7 Å². The van der Waals surface area contributed by atoms with E-state index in [0.717, 1.165) is 39.8 Å². The molecule has 0 unspecified atom stereocenters. The first-order chi connectivity index (χ1) is 16.1. The first kappa shape index (κ1) is 22.7. The van der Waals surface area contributed by atoms with Gasteiger partial charge in [-0.15, -0.1) is 0 Å². The quantitative estimate of drug-likeness (QED) is 0.489. The van der Waals surface area contributed by atoms with E-state index in [0.29, 0.717) is 30.3 Å². The molecule has 33 heavy (non-hydrogen) atoms. The van der Waals surface area contributed by atoms with Crippen LogP contribution in [0.4, 0.5) is 5.13 Å². The summed E-state index contributed by atoms with van der Waals surface area (Å²) in [7, 11) is 6.35. The van der Waals surface area contributed by atoms with Crippen LogP contribution in [-0.2, 0) is 4.79 Å². The van der Waals surface area contributed by atoms with Gasteiger partial charge in [0, 0.05) is 32.3 Å². The van der Waals surface area contributed by atoms with Gasteiger partial charge in [0.25, 0.3) is 0 Å². The maximum Gasteiger partial charge on any atom is 0.246 e. The highest BCUT2D eigenvalue weighted by Crippen LogP contribution is 2.38. The zero-order chi connectivity index (χ0) is 23.4. The molecule has 2 aromatic carbocycles. The van der Waals surface area contributed by atoms with Crippen molar-refractivity contribution in [3.63, 3.8) is 0 Å². The third-order valence-corrected chi connectivity index (χ3v) is 6.64. The van der Waals surface area contributed by atoms with Gasteiger partial charge < -0.3 is 28.7 Å². The van der Waals surface area contributed by atoms with E-state index in [1.807, 2.05) is 35.2 Å². The van der Waals surface area contributed by atoms with Crippen molar-refractivity contribution >= 4 is 38.7 Å². The molecule has 1 aliphatic heterocycles. The van der Waals surface area contributed by atoms with Gasteiger partial charge in [-0.3, -0.25) is 4.79 Å². The Morgan fingerprint density at radius 2 is 1.61 bits per heavy atom. The van der Waals surface area contributed by atoms with Gasteiger partial charge in [0.2, 0.25) is 11.7 Å². The molecule has 8 nitrogen and oxygen atoms in total. The van der Waals surface area contributed by atoms with E-state index in [9.17, 15) is 4.79 Å². The molecule has 174 valence electrons. The number of carbonyl (C=O) groups is 1. The third-order valence-electron chi connectivity index (χ3n) is 5.56. The molecule has 0 aliphatic carbocycles. The number of methoxy groups -OCH3 is 4. The van der Waals surface area contributed by atoms with Crippen molar-refractivity contribution in [3.8, 4) is 23.0 Å². The van der Waals surface area contributed by atoms with Crippen molar-refractivity contribution in [1.29, 1.82) is 0 Å². The SMILES string of the molecule is COc1cc(/C=C\C(=O)N2CCN(c3nc4c(OC)cccc4s3)CC2)cc(OC)c1OC. The summed E-state index contributed by atoms with van der Waals surface area (Å²) < 4.78 is 22.6. The molecule has 1 aliphatic rings. The average molecular weight is 470 g/mol. The lowest BCUT2D eigenvalue weighted by Gasteiger charge is -2.34. The van der Waals surface area contributed by atoms with E-state index in [1.165, 1.54) is 0 Å². The summed E-state index contributed by atoms with van der Waals surface area (Å²) in [5.74, 6) is 2.36. The molecule has 1 saturated heterocycles. The van der Waals surface area contributed by atoms with Crippen LogP contribution in [0.15, 0.2) is 36.4 Å². The number of fused-ring (bicyclic) bond motifs is 1. The van der Waals surface area contributed by atoms with E-state index in [2.05, 4.69) is 4.90 Å². The molecule has 0 saturated carbocycles. The number of thiazole rings is 1. The number of piperazine rings is 1. The van der Waals surface area contributed by atoms with Crippen LogP contribution >= 0.6 is 11.3 Å². The fraction of sp³-hybridized carbons (Fsp3) is 0.333. The Labute approximate surface area is 196 Å². The van der Waals surface area contributed by atoms with Gasteiger partial charge in [0.1, 0.15) is 11.3 Å². The van der Waals surface area contributed by atoms with Gasteiger partial charge in [-0.05, 0) is 35.9 Å². The Morgan fingerprint density at radius 1 is 0.939 bits per heavy atom. The highest BCUT2D eigenvalue weighted by atomic mass is 32.1. The van der Waals surface area contributed by atoms with E-state index in [-0.39, 0.29) is 5.91 Å². The molecule has 2 heterocycles. The second kappa shape index (κ2) is 9.99. The van der Waals surface area contributed by atoms with Crippen molar-refractivity contribution in [1.82, 2.24) is 9.88 Å². The topological polar surface area (TPSA) is 73.4 Å². The molecule has 0 bridgehead atoms. The average Bonchev–Trinajstić information content (AvgIpc) is 3.31. The van der Waals surface area contributed by atoms with Crippen LogP contribution in [0.1, 0.15) is 5.56 Å². The Balaban J connectivity index is 1.41. The van der Waals surface area contributed by atoms with Crippen molar-refractivity contribution in [2.75, 3.05) is 59.5 Å². The zero-order valence-corrected chi connectivity index (χ0v) is 20.0. The molecule has 1 aromatic heterocycles. The largest absolute Gasteiger partial charge is 0.494 e. The summed E-state index contributed by atoms with van der Waals surface area (Å²) in [6, 6.07) is 9.56. The molecule has 0 radical (unpaired) electrons. The number of aromatic nitrogens is 1. The number of anilines is 1. The predicted molar refractivity (Wildman–Crippen MR) is 130 cm³/mol. The van der Waals surface area contributed by atoms with E-state index < -0.39 is 0 Å². The van der Waals surface area contributed by atoms with Gasteiger partial charge in [0.15, 0.2) is 16.6 Å². The molecule has 9 heteroatoms. The Morgan fingerprint density at radius 3 is 2.21 bits per heavy atom. The van der Waals surface area contributed by atoms with Gasteiger partial charge >= 0.3 is 0 Å². The van der Waals surface area contributed by atoms with Gasteiger partial charge in [-0.2, -0.15) is 0 Å². The summed E-state index contributed by atoms with van der Waals surface area (Å²) in [5, 5.41) is 0.953. The van der Waals surface area contributed by atoms with E-state index in [1.54, 1.807) is 51.9 Å². The first-order valence-corrected chi connectivity index (χ1v) is 11.3. The van der Waals surface area contributed by atoms with Crippen LogP contribution in [-0.4, -0.2) is 70.4 Å². The number of ether oxygens (including phenoxy) is 4. The zero-order valence-electron chi connectivity index (χ0n) is 19.2. The van der Waals surface area contributed by atoms with Crippen molar-refractivity contribution in [2.45, 2.75) is 0 Å². The Kier molecular flexibility index (Phi) is 6.88. The van der Waals surface area contributed by atoms with E-state index in [4.69, 9.17) is 23.9 Å². The molecular formula is C24H27N3O5S. The summed E-state index contributed by atoms with van der Waals surface area (Å²) in [4.78, 5) is 21.6. The molecule has 0 spiro atoms. The standard InChI is InChI=1S/C24H27N3O5S/c1-29-17-6-5-7-20-22(17)25-24(33-20)27-12-10-26(11-13-27)21(28)9-8-16-14-18(30-2)23(32-4)19(15-16)31-3/h5-9,14-15H,10-13H2,1-4H3/b9-8-. The van der Waals surface area contributed by atoms with Gasteiger partial charge in [-0.1, -0.05) is 17.4 Å². The number of rotatable bonds is 7. The number of hydrogen-bond donors (Lipinski definition) is 0. The molecule has 0 N–H and O–H groups in total. The molecule has 1 amide bonds. The molecule has 0 atom stereocenters. The summed E-state index contributed by atoms with van der Waals surface area (Å²) in [6.45, 7) is 2.72. The smallest absolute Gasteiger partial charge is 0.246 e. The van der Waals surface area contributed by atoms with Crippen LogP contribution in [0.2, 0.25) is 0 Å². The molecule has 3 aromatic rings. The van der Waals surface area contributed by atoms with Crippen LogP contribution in [0.25, 0.3) is 16.3 Å². The lowest BCUT2D eigenvalue weighted by Crippen LogP contribution is -2.48. The van der Waals surface area contributed by atoms with E-state index >= 15 is 0 Å². The third kappa shape index (κ3) is 4.68. The second-order valence-electron chi connectivity index (χ2n) is 7.41. The minimum Gasteiger partial charge on any atom is -0.494 e. The Bertz CT molecular complexity index is 1140. The minimum absolute atomic E-state index is 0.0330. The fourth-order valence-electron chi connectivity index (χ4n) is 3.80. The van der Waals surface area contributed by atoms with Crippen molar-refractivity contribution in [2.24, 2.45) is 0 Å². The second-order valence-corrected chi connectivity index (χ2v) is 8.42. The lowest BCUT2D eigenvalue weighted by atomic mass is 10.1. The first-order valence-electron chi connectivity index (χ1n) is 10.5. The lowest BCUT2D eigenvalue weighted by molar-refractivity contribution is -0.126. The van der Waals surface area contributed by atoms with Crippen molar-refractivity contribution in [3.05, 3.63) is 42.0 Å². The van der Waals surface area contributed by atoms with Crippen LogP contribution in [0.3, 0.4) is 0 Å². The maximum absolute atomic E-state index is 12.8. The van der Waals surface area contributed by atoms with Gasteiger partial charge in [0.05, 0.1) is 33.1 Å². The number of carbonyl (C=O) groups excluding carboxylic acids is 1. The number of hydrogen-bond acceptors (Lipinski definition) is 8. The van der Waals surface area contributed by atoms with Crippen LogP contribution in [0, 0.1) is 0 Å². The minimum atomic E-state index is -0.0330. The fourth-order valence-corrected chi connectivity index (χ4v) is 4.83. The molecule has 1 fully saturated rings. The number of para-hydroxylation sites is 1. The van der Waals surface area contributed by atoms with Gasteiger partial charge in [-0.25, -0.2) is 4.98 Å². The monoisotopic (exact) mass is 469 g/mol. The predicted octanol–water partition coefficient (Wildman–Crippen LogP) is 3.69. The number of amides is 1. The maximum atomic E-state index is 12.8. The highest BCUT2D eigenvalue weighted by Gasteiger charge is 2.22. The Hall–Kier alpha value is -3.46. The summed E-state index contributed by atoms with van der Waals surface area (Å²) in [6.07, 6.45) is 3.35. The molecule has 4 rings (SSSR count).